The first kappa shape index (κ1) is 17.9. The van der Waals surface area contributed by atoms with E-state index in [1.165, 1.54) is 30.0 Å². The molecule has 0 saturated carbocycles. The smallest absolute Gasteiger partial charge is 0.232 e. The van der Waals surface area contributed by atoms with Crippen molar-refractivity contribution in [2.75, 3.05) is 12.8 Å². The second-order valence-electron chi connectivity index (χ2n) is 5.10. The van der Waals surface area contributed by atoms with E-state index >= 15 is 0 Å². The van der Waals surface area contributed by atoms with Gasteiger partial charge in [-0.1, -0.05) is 34.1 Å². The molecule has 0 radical (unpaired) electrons. The molecule has 122 valence electrons. The third kappa shape index (κ3) is 5.62. The minimum Gasteiger partial charge on any atom is -0.341 e. The molecule has 2 aromatic carbocycles. The van der Waals surface area contributed by atoms with E-state index in [9.17, 15) is 13.6 Å². The van der Waals surface area contributed by atoms with Crippen molar-refractivity contribution in [3.63, 3.8) is 0 Å². The van der Waals surface area contributed by atoms with Crippen molar-refractivity contribution in [2.24, 2.45) is 0 Å². The molecule has 6 heteroatoms. The fourth-order valence-electron chi connectivity index (χ4n) is 1.95. The largest absolute Gasteiger partial charge is 0.341 e. The van der Waals surface area contributed by atoms with Gasteiger partial charge in [0.05, 0.1) is 5.75 Å². The van der Waals surface area contributed by atoms with Crippen molar-refractivity contribution in [1.82, 2.24) is 4.90 Å². The summed E-state index contributed by atoms with van der Waals surface area (Å²) in [6, 6.07) is 11.0. The van der Waals surface area contributed by atoms with Crippen LogP contribution < -0.4 is 0 Å². The Morgan fingerprint density at radius 2 is 1.87 bits per heavy atom. The molecule has 0 saturated heterocycles. The molecule has 0 bridgehead atoms. The van der Waals surface area contributed by atoms with Gasteiger partial charge in [-0.2, -0.15) is 0 Å². The first-order chi connectivity index (χ1) is 11.0. The topological polar surface area (TPSA) is 20.3 Å². The molecule has 0 aliphatic carbocycles. The number of hydrogen-bond donors (Lipinski definition) is 0. The number of amides is 1. The maximum atomic E-state index is 13.7. The molecule has 0 N–H and O–H groups in total. The summed E-state index contributed by atoms with van der Waals surface area (Å²) >= 11 is 4.58. The summed E-state index contributed by atoms with van der Waals surface area (Å²) in [5, 5.41) is 0. The van der Waals surface area contributed by atoms with Crippen LogP contribution in [-0.2, 0) is 17.1 Å². The fraction of sp³-hybridized carbons (Fsp3) is 0.235. The Bertz CT molecular complexity index is 679. The van der Waals surface area contributed by atoms with Crippen molar-refractivity contribution >= 4 is 33.6 Å². The predicted molar refractivity (Wildman–Crippen MR) is 93.1 cm³/mol. The minimum absolute atomic E-state index is 0.0446. The molecule has 0 unspecified atom stereocenters. The second-order valence-corrected chi connectivity index (χ2v) is 7.01. The molecule has 2 rings (SSSR count). The van der Waals surface area contributed by atoms with Gasteiger partial charge in [-0.3, -0.25) is 4.79 Å². The molecule has 1 amide bonds. The van der Waals surface area contributed by atoms with Crippen LogP contribution in [0.25, 0.3) is 0 Å². The summed E-state index contributed by atoms with van der Waals surface area (Å²) in [7, 11) is 1.70. The number of rotatable bonds is 6. The van der Waals surface area contributed by atoms with Crippen LogP contribution in [-0.4, -0.2) is 23.6 Å². The zero-order chi connectivity index (χ0) is 16.8. The number of carbonyl (C=O) groups excluding carboxylic acids is 1. The minimum atomic E-state index is -0.296. The van der Waals surface area contributed by atoms with Crippen LogP contribution in [0.5, 0.6) is 0 Å². The Balaban J connectivity index is 1.80. The maximum Gasteiger partial charge on any atom is 0.232 e. The molecule has 0 heterocycles. The maximum absolute atomic E-state index is 13.7. The van der Waals surface area contributed by atoms with Gasteiger partial charge >= 0.3 is 0 Å². The summed E-state index contributed by atoms with van der Waals surface area (Å²) in [6.07, 6.45) is 0. The number of hydrogen-bond acceptors (Lipinski definition) is 2. The highest BCUT2D eigenvalue weighted by atomic mass is 79.9. The highest BCUT2D eigenvalue weighted by Crippen LogP contribution is 2.20. The number of benzene rings is 2. The molecule has 23 heavy (non-hydrogen) atoms. The molecular formula is C17H16BrF2NOS. The van der Waals surface area contributed by atoms with Gasteiger partial charge in [-0.15, -0.1) is 11.8 Å². The number of carbonyl (C=O) groups is 1. The summed E-state index contributed by atoms with van der Waals surface area (Å²) in [4.78, 5) is 13.7. The number of thioether (sulfide) groups is 1. The van der Waals surface area contributed by atoms with Gasteiger partial charge < -0.3 is 4.90 Å². The van der Waals surface area contributed by atoms with Crippen LogP contribution in [0.1, 0.15) is 11.1 Å². The molecule has 0 spiro atoms. The van der Waals surface area contributed by atoms with E-state index in [-0.39, 0.29) is 23.3 Å². The third-order valence-electron chi connectivity index (χ3n) is 3.26. The van der Waals surface area contributed by atoms with Crippen molar-refractivity contribution in [3.05, 3.63) is 69.7 Å². The van der Waals surface area contributed by atoms with Crippen molar-refractivity contribution in [1.29, 1.82) is 0 Å². The number of nitrogens with zero attached hydrogens (tertiary/aromatic N) is 1. The van der Waals surface area contributed by atoms with Gasteiger partial charge in [0.25, 0.3) is 0 Å². The molecule has 0 aliphatic heterocycles. The monoisotopic (exact) mass is 399 g/mol. The Morgan fingerprint density at radius 3 is 2.52 bits per heavy atom. The first-order valence-electron chi connectivity index (χ1n) is 6.96. The Morgan fingerprint density at radius 1 is 1.17 bits per heavy atom. The molecule has 0 aromatic heterocycles. The molecule has 0 fully saturated rings. The molecule has 2 aromatic rings. The van der Waals surface area contributed by atoms with Gasteiger partial charge in [0, 0.05) is 23.8 Å². The van der Waals surface area contributed by atoms with E-state index < -0.39 is 0 Å². The van der Waals surface area contributed by atoms with E-state index in [0.29, 0.717) is 22.3 Å². The molecule has 0 atom stereocenters. The SMILES string of the molecule is CN(Cc1ccc(F)cc1)C(=O)CSCc1ccc(Br)cc1F. The van der Waals surface area contributed by atoms with Crippen LogP contribution in [0.15, 0.2) is 46.9 Å². The summed E-state index contributed by atoms with van der Waals surface area (Å²) in [5.41, 5.74) is 1.44. The second kappa shape index (κ2) is 8.45. The quantitative estimate of drug-likeness (QED) is 0.706. The highest BCUT2D eigenvalue weighted by Gasteiger charge is 2.10. The third-order valence-corrected chi connectivity index (χ3v) is 4.72. The summed E-state index contributed by atoms with van der Waals surface area (Å²) in [5.74, 6) is 0.0910. The summed E-state index contributed by atoms with van der Waals surface area (Å²) < 4.78 is 27.2. The van der Waals surface area contributed by atoms with Gasteiger partial charge in [-0.25, -0.2) is 8.78 Å². The van der Waals surface area contributed by atoms with E-state index in [1.807, 2.05) is 0 Å². The van der Waals surface area contributed by atoms with Crippen LogP contribution >= 0.6 is 27.7 Å². The van der Waals surface area contributed by atoms with Crippen molar-refractivity contribution in [2.45, 2.75) is 12.3 Å². The Hall–Kier alpha value is -1.40. The van der Waals surface area contributed by atoms with Crippen molar-refractivity contribution in [3.8, 4) is 0 Å². The lowest BCUT2D eigenvalue weighted by Gasteiger charge is -2.17. The Labute approximate surface area is 147 Å². The fourth-order valence-corrected chi connectivity index (χ4v) is 3.23. The number of halogens is 3. The van der Waals surface area contributed by atoms with E-state index in [0.717, 1.165) is 5.56 Å². The van der Waals surface area contributed by atoms with Crippen LogP contribution in [0, 0.1) is 11.6 Å². The molecular weight excluding hydrogens is 384 g/mol. The van der Waals surface area contributed by atoms with Crippen LogP contribution in [0.2, 0.25) is 0 Å². The molecule has 0 aliphatic rings. The lowest BCUT2D eigenvalue weighted by Crippen LogP contribution is -2.27. The van der Waals surface area contributed by atoms with Crippen molar-refractivity contribution < 1.29 is 13.6 Å². The average molecular weight is 400 g/mol. The summed E-state index contributed by atoms with van der Waals surface area (Å²) in [6.45, 7) is 0.423. The zero-order valence-corrected chi connectivity index (χ0v) is 15.0. The zero-order valence-electron chi connectivity index (χ0n) is 12.6. The van der Waals surface area contributed by atoms with Gasteiger partial charge in [0.2, 0.25) is 5.91 Å². The highest BCUT2D eigenvalue weighted by molar-refractivity contribution is 9.10. The van der Waals surface area contributed by atoms with Gasteiger partial charge in [0.15, 0.2) is 0 Å². The lowest BCUT2D eigenvalue weighted by atomic mass is 10.2. The van der Waals surface area contributed by atoms with Gasteiger partial charge in [0.1, 0.15) is 11.6 Å². The molecule has 2 nitrogen and oxygen atoms in total. The predicted octanol–water partition coefficient (Wildman–Crippen LogP) is 4.62. The normalized spacial score (nSPS) is 10.6. The van der Waals surface area contributed by atoms with E-state index in [1.54, 1.807) is 36.2 Å². The van der Waals surface area contributed by atoms with E-state index in [4.69, 9.17) is 0 Å². The van der Waals surface area contributed by atoms with E-state index in [2.05, 4.69) is 15.9 Å². The lowest BCUT2D eigenvalue weighted by molar-refractivity contribution is -0.127. The van der Waals surface area contributed by atoms with Crippen LogP contribution in [0.4, 0.5) is 8.78 Å². The first-order valence-corrected chi connectivity index (χ1v) is 8.90. The van der Waals surface area contributed by atoms with Crippen LogP contribution in [0.3, 0.4) is 0 Å². The average Bonchev–Trinajstić information content (AvgIpc) is 2.51. The Kier molecular flexibility index (Phi) is 6.59. The standard InChI is InChI=1S/C17H16BrF2NOS/c1-21(9-12-2-6-15(19)7-3-12)17(22)11-23-10-13-4-5-14(18)8-16(13)20/h2-8H,9-11H2,1H3. The van der Waals surface area contributed by atoms with Gasteiger partial charge in [-0.05, 0) is 35.4 Å².